The molecular formula is C20H25NO2S. The zero-order valence-corrected chi connectivity index (χ0v) is 15.3. The van der Waals surface area contributed by atoms with E-state index in [0.29, 0.717) is 19.1 Å². The Morgan fingerprint density at radius 2 is 1.71 bits per heavy atom. The van der Waals surface area contributed by atoms with Crippen molar-refractivity contribution < 1.29 is 9.53 Å². The van der Waals surface area contributed by atoms with Gasteiger partial charge in [0.1, 0.15) is 12.4 Å². The number of hydrogen-bond acceptors (Lipinski definition) is 3. The number of amides is 1. The Labute approximate surface area is 148 Å². The van der Waals surface area contributed by atoms with Gasteiger partial charge >= 0.3 is 0 Å². The minimum Gasteiger partial charge on any atom is -0.491 e. The van der Waals surface area contributed by atoms with Crippen molar-refractivity contribution in [2.24, 2.45) is 0 Å². The summed E-state index contributed by atoms with van der Waals surface area (Å²) in [4.78, 5) is 13.2. The van der Waals surface area contributed by atoms with Crippen LogP contribution in [0.2, 0.25) is 0 Å². The molecule has 2 aromatic rings. The minimum atomic E-state index is -0.129. The van der Waals surface area contributed by atoms with Gasteiger partial charge in [-0.2, -0.15) is 0 Å². The van der Waals surface area contributed by atoms with E-state index in [1.165, 1.54) is 5.56 Å². The molecule has 0 bridgehead atoms. The molecule has 0 aliphatic rings. The molecule has 0 saturated heterocycles. The Hall–Kier alpha value is -1.94. The van der Waals surface area contributed by atoms with Gasteiger partial charge in [0.25, 0.3) is 0 Å². The summed E-state index contributed by atoms with van der Waals surface area (Å²) in [5.74, 6) is 1.34. The van der Waals surface area contributed by atoms with E-state index < -0.39 is 0 Å². The van der Waals surface area contributed by atoms with Gasteiger partial charge in [-0.25, -0.2) is 0 Å². The fraction of sp³-hybridized carbons (Fsp3) is 0.350. The minimum absolute atomic E-state index is 0.0320. The molecule has 1 amide bonds. The van der Waals surface area contributed by atoms with Crippen LogP contribution in [0.25, 0.3) is 0 Å². The van der Waals surface area contributed by atoms with E-state index in [0.717, 1.165) is 10.6 Å². The molecule has 24 heavy (non-hydrogen) atoms. The van der Waals surface area contributed by atoms with Crippen LogP contribution in [-0.2, 0) is 4.79 Å². The summed E-state index contributed by atoms with van der Waals surface area (Å²) in [6, 6.07) is 18.0. The zero-order chi connectivity index (χ0) is 17.4. The second kappa shape index (κ2) is 9.38. The Kier molecular flexibility index (Phi) is 7.19. The summed E-state index contributed by atoms with van der Waals surface area (Å²) in [5, 5.41) is 2.81. The van der Waals surface area contributed by atoms with Gasteiger partial charge in [0.2, 0.25) is 5.91 Å². The van der Waals surface area contributed by atoms with Gasteiger partial charge in [0.05, 0.1) is 11.8 Å². The standard InChI is InChI=1S/C20H25NO2S/c1-15(2)18-11-7-8-12-19(18)23-14-13-21-20(22)16(3)24-17-9-5-4-6-10-17/h4-12,15-16H,13-14H2,1-3H3,(H,21,22). The molecule has 1 atom stereocenters. The monoisotopic (exact) mass is 343 g/mol. The van der Waals surface area contributed by atoms with E-state index in [1.54, 1.807) is 11.8 Å². The molecular weight excluding hydrogens is 318 g/mol. The summed E-state index contributed by atoms with van der Waals surface area (Å²) in [6.07, 6.45) is 0. The van der Waals surface area contributed by atoms with Gasteiger partial charge in [0.15, 0.2) is 0 Å². The number of benzene rings is 2. The highest BCUT2D eigenvalue weighted by Gasteiger charge is 2.13. The van der Waals surface area contributed by atoms with Gasteiger partial charge in [-0.15, -0.1) is 11.8 Å². The van der Waals surface area contributed by atoms with E-state index in [1.807, 2.05) is 55.5 Å². The van der Waals surface area contributed by atoms with E-state index in [2.05, 4.69) is 25.2 Å². The van der Waals surface area contributed by atoms with Gasteiger partial charge in [-0.1, -0.05) is 50.2 Å². The fourth-order valence-corrected chi connectivity index (χ4v) is 3.24. The number of para-hydroxylation sites is 1. The molecule has 0 spiro atoms. The quantitative estimate of drug-likeness (QED) is 0.567. The third kappa shape index (κ3) is 5.60. The Balaban J connectivity index is 1.75. The first kappa shape index (κ1) is 18.4. The summed E-state index contributed by atoms with van der Waals surface area (Å²) in [5.41, 5.74) is 1.19. The highest BCUT2D eigenvalue weighted by molar-refractivity contribution is 8.00. The molecule has 3 nitrogen and oxygen atoms in total. The van der Waals surface area contributed by atoms with E-state index in [-0.39, 0.29) is 11.2 Å². The molecule has 1 N–H and O–H groups in total. The molecule has 0 heterocycles. The molecule has 0 fully saturated rings. The molecule has 0 aliphatic heterocycles. The number of hydrogen-bond donors (Lipinski definition) is 1. The average molecular weight is 343 g/mol. The van der Waals surface area contributed by atoms with Crippen molar-refractivity contribution in [3.05, 3.63) is 60.2 Å². The maximum atomic E-state index is 12.1. The van der Waals surface area contributed by atoms with Crippen LogP contribution in [0.4, 0.5) is 0 Å². The van der Waals surface area contributed by atoms with Crippen molar-refractivity contribution in [1.82, 2.24) is 5.32 Å². The van der Waals surface area contributed by atoms with Crippen LogP contribution in [0.1, 0.15) is 32.3 Å². The Bertz CT molecular complexity index is 643. The molecule has 0 saturated carbocycles. The molecule has 0 aliphatic carbocycles. The SMILES string of the molecule is CC(Sc1ccccc1)C(=O)NCCOc1ccccc1C(C)C. The number of rotatable bonds is 8. The predicted molar refractivity (Wildman–Crippen MR) is 101 cm³/mol. The molecule has 2 aromatic carbocycles. The van der Waals surface area contributed by atoms with Crippen molar-refractivity contribution in [3.8, 4) is 5.75 Å². The van der Waals surface area contributed by atoms with Crippen molar-refractivity contribution >= 4 is 17.7 Å². The largest absolute Gasteiger partial charge is 0.491 e. The second-order valence-corrected chi connectivity index (χ2v) is 7.32. The lowest BCUT2D eigenvalue weighted by molar-refractivity contribution is -0.120. The predicted octanol–water partition coefficient (Wildman–Crippen LogP) is 4.49. The van der Waals surface area contributed by atoms with Crippen molar-refractivity contribution in [2.45, 2.75) is 36.8 Å². The first-order valence-electron chi connectivity index (χ1n) is 8.29. The number of nitrogens with one attached hydrogen (secondary N) is 1. The van der Waals surface area contributed by atoms with E-state index in [4.69, 9.17) is 4.74 Å². The molecule has 1 unspecified atom stereocenters. The zero-order valence-electron chi connectivity index (χ0n) is 14.5. The lowest BCUT2D eigenvalue weighted by Gasteiger charge is -2.15. The highest BCUT2D eigenvalue weighted by Crippen LogP contribution is 2.25. The Morgan fingerprint density at radius 3 is 2.42 bits per heavy atom. The van der Waals surface area contributed by atoms with Gasteiger partial charge in [0, 0.05) is 4.90 Å². The third-order valence-corrected chi connectivity index (χ3v) is 4.74. The second-order valence-electron chi connectivity index (χ2n) is 5.91. The van der Waals surface area contributed by atoms with Crippen LogP contribution in [-0.4, -0.2) is 24.3 Å². The topological polar surface area (TPSA) is 38.3 Å². The number of carbonyl (C=O) groups excluding carboxylic acids is 1. The normalized spacial score (nSPS) is 12.0. The lowest BCUT2D eigenvalue weighted by Crippen LogP contribution is -2.34. The summed E-state index contributed by atoms with van der Waals surface area (Å²) < 4.78 is 5.83. The molecule has 4 heteroatoms. The first-order valence-corrected chi connectivity index (χ1v) is 9.17. The van der Waals surface area contributed by atoms with Gasteiger partial charge in [-0.3, -0.25) is 4.79 Å². The highest BCUT2D eigenvalue weighted by atomic mass is 32.2. The van der Waals surface area contributed by atoms with Crippen LogP contribution in [0.15, 0.2) is 59.5 Å². The summed E-state index contributed by atoms with van der Waals surface area (Å²) in [7, 11) is 0. The summed E-state index contributed by atoms with van der Waals surface area (Å²) in [6.45, 7) is 7.18. The number of ether oxygens (including phenoxy) is 1. The maximum Gasteiger partial charge on any atom is 0.233 e. The van der Waals surface area contributed by atoms with Gasteiger partial charge < -0.3 is 10.1 Å². The third-order valence-electron chi connectivity index (χ3n) is 3.63. The average Bonchev–Trinajstić information content (AvgIpc) is 2.59. The van der Waals surface area contributed by atoms with Crippen molar-refractivity contribution in [1.29, 1.82) is 0 Å². The van der Waals surface area contributed by atoms with Crippen LogP contribution >= 0.6 is 11.8 Å². The van der Waals surface area contributed by atoms with Crippen molar-refractivity contribution in [3.63, 3.8) is 0 Å². The number of carbonyl (C=O) groups is 1. The Morgan fingerprint density at radius 1 is 1.04 bits per heavy atom. The van der Waals surface area contributed by atoms with Crippen molar-refractivity contribution in [2.75, 3.05) is 13.2 Å². The molecule has 128 valence electrons. The fourth-order valence-electron chi connectivity index (χ4n) is 2.32. The van der Waals surface area contributed by atoms with Crippen LogP contribution in [0.5, 0.6) is 5.75 Å². The lowest BCUT2D eigenvalue weighted by atomic mass is 10.0. The smallest absolute Gasteiger partial charge is 0.233 e. The molecule has 0 radical (unpaired) electrons. The van der Waals surface area contributed by atoms with Crippen LogP contribution in [0.3, 0.4) is 0 Å². The number of thioether (sulfide) groups is 1. The van der Waals surface area contributed by atoms with E-state index in [9.17, 15) is 4.79 Å². The van der Waals surface area contributed by atoms with Crippen LogP contribution < -0.4 is 10.1 Å². The van der Waals surface area contributed by atoms with Gasteiger partial charge in [-0.05, 0) is 36.6 Å². The maximum absolute atomic E-state index is 12.1. The summed E-state index contributed by atoms with van der Waals surface area (Å²) >= 11 is 1.56. The molecule has 2 rings (SSSR count). The van der Waals surface area contributed by atoms with E-state index >= 15 is 0 Å². The first-order chi connectivity index (χ1) is 11.6. The van der Waals surface area contributed by atoms with Crippen LogP contribution in [0, 0.1) is 0 Å². The molecule has 0 aromatic heterocycles.